The second kappa shape index (κ2) is 12.3. The van der Waals surface area contributed by atoms with Gasteiger partial charge in [-0.25, -0.2) is 15.0 Å². The standard InChI is InChI=1S/C23H35N9O7/c1-9(2)14(21(36)30-10(3)23(37)38)31-20(35)12(25)5-4-11(24)6-13-16(33)17(34)22(39-13)32-8-29-15-18(26)27-7-28-19(15)32/h6-12,14,16-17,22,33-34H,4-5,24-25H2,1-3H3,(H,30,36)(H,31,35)(H,37,38)(H2,26,27,28)/b13-6-/t10-,11-,12+,14-,16-,17-,22-/m1/s1. The first-order chi connectivity index (χ1) is 18.3. The number of hydrogen-bond donors (Lipinski definition) is 8. The first-order valence-corrected chi connectivity index (χ1v) is 12.3. The Balaban J connectivity index is 1.59. The van der Waals surface area contributed by atoms with Crippen molar-refractivity contribution in [2.24, 2.45) is 17.4 Å². The summed E-state index contributed by atoms with van der Waals surface area (Å²) in [6.45, 7) is 4.72. The van der Waals surface area contributed by atoms with Crippen molar-refractivity contribution in [2.45, 2.75) is 76.2 Å². The number of hydrogen-bond acceptors (Lipinski definition) is 12. The highest BCUT2D eigenvalue weighted by molar-refractivity contribution is 5.91. The summed E-state index contributed by atoms with van der Waals surface area (Å²) in [5, 5.41) is 35.0. The molecule has 0 aromatic carbocycles. The van der Waals surface area contributed by atoms with E-state index < -0.39 is 60.4 Å². The molecule has 0 spiro atoms. The quantitative estimate of drug-likeness (QED) is 0.147. The fraction of sp³-hybridized carbons (Fsp3) is 0.565. The van der Waals surface area contributed by atoms with Crippen LogP contribution < -0.4 is 27.8 Å². The van der Waals surface area contributed by atoms with Gasteiger partial charge in [0.05, 0.1) is 6.04 Å². The zero-order valence-electron chi connectivity index (χ0n) is 21.8. The highest BCUT2D eigenvalue weighted by atomic mass is 16.5. The van der Waals surface area contributed by atoms with Gasteiger partial charge < -0.3 is 47.9 Å². The van der Waals surface area contributed by atoms with Crippen LogP contribution in [0.2, 0.25) is 0 Å². The molecule has 3 heterocycles. The van der Waals surface area contributed by atoms with Crippen LogP contribution in [0.1, 0.15) is 39.8 Å². The molecule has 0 aliphatic carbocycles. The maximum Gasteiger partial charge on any atom is 0.325 e. The van der Waals surface area contributed by atoms with E-state index in [1.807, 2.05) is 0 Å². The van der Waals surface area contributed by atoms with Crippen molar-refractivity contribution in [3.8, 4) is 0 Å². The van der Waals surface area contributed by atoms with E-state index in [1.165, 1.54) is 30.2 Å². The average molecular weight is 550 g/mol. The highest BCUT2D eigenvalue weighted by Gasteiger charge is 2.42. The third kappa shape index (κ3) is 6.78. The number of aliphatic hydroxyl groups excluding tert-OH is 2. The van der Waals surface area contributed by atoms with Crippen molar-refractivity contribution in [3.05, 3.63) is 24.5 Å². The first-order valence-electron chi connectivity index (χ1n) is 12.3. The van der Waals surface area contributed by atoms with Crippen LogP contribution in [0.15, 0.2) is 24.5 Å². The lowest BCUT2D eigenvalue weighted by atomic mass is 10.0. The van der Waals surface area contributed by atoms with Crippen LogP contribution in [0, 0.1) is 5.92 Å². The maximum atomic E-state index is 12.6. The number of nitrogens with two attached hydrogens (primary N) is 3. The molecule has 2 aromatic rings. The van der Waals surface area contributed by atoms with Crippen molar-refractivity contribution in [1.82, 2.24) is 30.2 Å². The summed E-state index contributed by atoms with van der Waals surface area (Å²) in [6.07, 6.45) is 0.588. The first kappa shape index (κ1) is 29.7. The monoisotopic (exact) mass is 549 g/mol. The van der Waals surface area contributed by atoms with Gasteiger partial charge in [-0.1, -0.05) is 13.8 Å². The zero-order valence-corrected chi connectivity index (χ0v) is 21.8. The summed E-state index contributed by atoms with van der Waals surface area (Å²) in [7, 11) is 0. The summed E-state index contributed by atoms with van der Waals surface area (Å²) in [6, 6.07) is -3.82. The lowest BCUT2D eigenvalue weighted by molar-refractivity contribution is -0.142. The topological polar surface area (TPSA) is 267 Å². The minimum absolute atomic E-state index is 0.0333. The van der Waals surface area contributed by atoms with E-state index in [4.69, 9.17) is 27.0 Å². The minimum Gasteiger partial charge on any atom is -0.480 e. The Morgan fingerprint density at radius 1 is 1.10 bits per heavy atom. The van der Waals surface area contributed by atoms with Crippen LogP contribution in [0.5, 0.6) is 0 Å². The van der Waals surface area contributed by atoms with Gasteiger partial charge in [-0.2, -0.15) is 0 Å². The van der Waals surface area contributed by atoms with E-state index >= 15 is 0 Å². The fourth-order valence-electron chi connectivity index (χ4n) is 3.98. The molecule has 16 heteroatoms. The van der Waals surface area contributed by atoms with Crippen molar-refractivity contribution in [3.63, 3.8) is 0 Å². The molecule has 11 N–H and O–H groups in total. The van der Waals surface area contributed by atoms with Gasteiger partial charge in [0.25, 0.3) is 0 Å². The molecular formula is C23H35N9O7. The molecule has 0 bridgehead atoms. The van der Waals surface area contributed by atoms with E-state index in [-0.39, 0.29) is 30.3 Å². The zero-order chi connectivity index (χ0) is 29.0. The average Bonchev–Trinajstić information content (AvgIpc) is 3.42. The number of aliphatic hydroxyl groups is 2. The molecular weight excluding hydrogens is 514 g/mol. The van der Waals surface area contributed by atoms with Gasteiger partial charge in [0.2, 0.25) is 18.0 Å². The molecule has 7 atom stereocenters. The van der Waals surface area contributed by atoms with E-state index in [1.54, 1.807) is 13.8 Å². The Morgan fingerprint density at radius 3 is 2.44 bits per heavy atom. The van der Waals surface area contributed by atoms with Crippen molar-refractivity contribution >= 4 is 34.8 Å². The normalized spacial score (nSPS) is 23.3. The molecule has 214 valence electrons. The van der Waals surface area contributed by atoms with Crippen LogP contribution in [0.4, 0.5) is 5.82 Å². The van der Waals surface area contributed by atoms with Gasteiger partial charge >= 0.3 is 5.97 Å². The number of aliphatic carboxylic acids is 1. The number of nitrogen functional groups attached to an aromatic ring is 1. The molecule has 1 saturated heterocycles. The number of carboxylic acid groups (broad SMARTS) is 1. The molecule has 39 heavy (non-hydrogen) atoms. The third-order valence-corrected chi connectivity index (χ3v) is 6.33. The summed E-state index contributed by atoms with van der Waals surface area (Å²) in [5.41, 5.74) is 18.6. The summed E-state index contributed by atoms with van der Waals surface area (Å²) < 4.78 is 7.19. The van der Waals surface area contributed by atoms with Gasteiger partial charge in [0.15, 0.2) is 11.5 Å². The Hall–Kier alpha value is -3.86. The molecule has 16 nitrogen and oxygen atoms in total. The predicted octanol–water partition coefficient (Wildman–Crippen LogP) is -2.29. The minimum atomic E-state index is -1.38. The number of fused-ring (bicyclic) bond motifs is 1. The maximum absolute atomic E-state index is 12.6. The van der Waals surface area contributed by atoms with Crippen molar-refractivity contribution in [1.29, 1.82) is 0 Å². The fourth-order valence-corrected chi connectivity index (χ4v) is 3.98. The van der Waals surface area contributed by atoms with Gasteiger partial charge in [0.1, 0.15) is 48.2 Å². The predicted molar refractivity (Wildman–Crippen MR) is 137 cm³/mol. The second-order valence-corrected chi connectivity index (χ2v) is 9.74. The van der Waals surface area contributed by atoms with Gasteiger partial charge in [-0.3, -0.25) is 19.0 Å². The summed E-state index contributed by atoms with van der Waals surface area (Å²) in [4.78, 5) is 48.2. The van der Waals surface area contributed by atoms with Gasteiger partial charge in [-0.15, -0.1) is 0 Å². The van der Waals surface area contributed by atoms with Crippen LogP contribution in [-0.2, 0) is 19.1 Å². The van der Waals surface area contributed by atoms with E-state index in [9.17, 15) is 24.6 Å². The number of nitrogens with zero attached hydrogens (tertiary/aromatic N) is 4. The lowest BCUT2D eigenvalue weighted by Crippen LogP contribution is -2.55. The van der Waals surface area contributed by atoms with Crippen LogP contribution in [0.25, 0.3) is 11.2 Å². The van der Waals surface area contributed by atoms with Gasteiger partial charge in [-0.05, 0) is 31.8 Å². The number of carbonyl (C=O) groups is 3. The molecule has 2 amide bonds. The SMILES string of the molecule is CC(C)[C@@H](NC(=O)[C@@H](N)CC[C@@H](N)/C=C1\O[C@@H](n2cnc3c(N)ncnc32)[C@H](O)[C@@H]1O)C(=O)N[C@H](C)C(=O)O. The number of anilines is 1. The lowest BCUT2D eigenvalue weighted by Gasteiger charge is -2.24. The van der Waals surface area contributed by atoms with E-state index in [0.29, 0.717) is 11.2 Å². The van der Waals surface area contributed by atoms with E-state index in [0.717, 1.165) is 0 Å². The number of ether oxygens (including phenoxy) is 1. The molecule has 1 fully saturated rings. The number of rotatable bonds is 11. The van der Waals surface area contributed by atoms with Crippen molar-refractivity contribution in [2.75, 3.05) is 5.73 Å². The molecule has 3 rings (SSSR count). The highest BCUT2D eigenvalue weighted by Crippen LogP contribution is 2.34. The third-order valence-electron chi connectivity index (χ3n) is 6.33. The summed E-state index contributed by atoms with van der Waals surface area (Å²) in [5.74, 6) is -2.59. The van der Waals surface area contributed by atoms with Crippen molar-refractivity contribution < 1.29 is 34.4 Å². The largest absolute Gasteiger partial charge is 0.480 e. The Bertz CT molecular complexity index is 1230. The number of carbonyl (C=O) groups excluding carboxylic acids is 2. The number of aromatic nitrogens is 4. The van der Waals surface area contributed by atoms with E-state index in [2.05, 4.69) is 25.6 Å². The second-order valence-electron chi connectivity index (χ2n) is 9.74. The van der Waals surface area contributed by atoms with Crippen LogP contribution in [0.3, 0.4) is 0 Å². The molecule has 2 aromatic heterocycles. The number of nitrogens with one attached hydrogen (secondary N) is 2. The molecule has 0 radical (unpaired) electrons. The molecule has 0 saturated carbocycles. The van der Waals surface area contributed by atoms with Crippen LogP contribution >= 0.6 is 0 Å². The summed E-state index contributed by atoms with van der Waals surface area (Å²) >= 11 is 0. The Morgan fingerprint density at radius 2 is 1.79 bits per heavy atom. The Labute approximate surface area is 223 Å². The molecule has 1 aliphatic heterocycles. The van der Waals surface area contributed by atoms with Crippen LogP contribution in [-0.4, -0.2) is 89.0 Å². The number of amides is 2. The smallest absolute Gasteiger partial charge is 0.325 e. The Kier molecular flexibility index (Phi) is 9.39. The number of imidazole rings is 1. The molecule has 1 aliphatic rings. The van der Waals surface area contributed by atoms with Gasteiger partial charge in [0, 0.05) is 6.04 Å². The molecule has 0 unspecified atom stereocenters. The number of carboxylic acids is 1.